The molecule has 0 amide bonds. The quantitative estimate of drug-likeness (QED) is 0.0494. The average molecular weight is 568 g/mol. The Morgan fingerprint density at radius 3 is 2.17 bits per heavy atom. The fraction of sp³-hybridized carbons (Fsp3) is 0.963. The number of carboxylic acid groups (broad SMARTS) is 1. The number of aliphatic carboxylic acids is 1. The number of aliphatic hydroxyl groups excluding tert-OH is 1. The van der Waals surface area contributed by atoms with Crippen molar-refractivity contribution in [1.82, 2.24) is 0 Å². The molecule has 1 aliphatic rings. The molecule has 0 saturated heterocycles. The van der Waals surface area contributed by atoms with Crippen molar-refractivity contribution < 1.29 is 29.0 Å². The summed E-state index contributed by atoms with van der Waals surface area (Å²) in [5, 5.41) is 18.0. The largest absolute Gasteiger partial charge is 0.476 e. The molecule has 9 heteroatoms. The van der Waals surface area contributed by atoms with E-state index in [1.165, 1.54) is 44.9 Å². The van der Waals surface area contributed by atoms with E-state index in [0.29, 0.717) is 18.8 Å². The van der Waals surface area contributed by atoms with Crippen LogP contribution in [0.3, 0.4) is 0 Å². The lowest BCUT2D eigenvalue weighted by molar-refractivity contribution is -0.227. The summed E-state index contributed by atoms with van der Waals surface area (Å²) in [6, 6.07) is 0. The van der Waals surface area contributed by atoms with Crippen molar-refractivity contribution in [2.24, 2.45) is 11.8 Å². The Kier molecular flexibility index (Phi) is 17.5. The molecule has 212 valence electrons. The normalized spacial score (nSPS) is 20.9. The molecule has 0 heterocycles. The standard InChI is InChI=1S/C27H51O6PS2/c1-4-7-9-10-14-18-22(21-16-12-11-13-17-21)23(35)26(36,19-15-8-5-2)33-27(34-31,24(28)29)25(30)32-20-6-3/h21-23,25,30,35-36H,4-20H2,1-3H3,(H,28,29)/p+1. The molecule has 1 saturated carbocycles. The minimum Gasteiger partial charge on any atom is -0.476 e. The molecule has 0 spiro atoms. The second-order valence-corrected chi connectivity index (χ2v) is 12.7. The van der Waals surface area contributed by atoms with E-state index in [4.69, 9.17) is 34.7 Å². The van der Waals surface area contributed by atoms with E-state index < -0.39 is 31.0 Å². The van der Waals surface area contributed by atoms with Gasteiger partial charge in [0.1, 0.15) is 4.93 Å². The number of carboxylic acids is 1. The molecule has 0 aromatic heterocycles. The topological polar surface area (TPSA) is 93.1 Å². The van der Waals surface area contributed by atoms with E-state index in [9.17, 15) is 19.6 Å². The zero-order chi connectivity index (χ0) is 27.0. The summed E-state index contributed by atoms with van der Waals surface area (Å²) in [6.07, 6.45) is 14.6. The maximum atomic E-state index is 12.4. The van der Waals surface area contributed by atoms with Crippen LogP contribution in [0.25, 0.3) is 0 Å². The summed E-state index contributed by atoms with van der Waals surface area (Å²) >= 11 is 10.1. The Morgan fingerprint density at radius 2 is 1.61 bits per heavy atom. The number of hydrogen-bond donors (Lipinski definition) is 4. The van der Waals surface area contributed by atoms with E-state index in [1.54, 1.807) is 0 Å². The minimum absolute atomic E-state index is 0.131. The lowest BCUT2D eigenvalue weighted by atomic mass is 9.74. The highest BCUT2D eigenvalue weighted by atomic mass is 32.1. The van der Waals surface area contributed by atoms with Crippen LogP contribution in [0.2, 0.25) is 0 Å². The molecular weight excluding hydrogens is 515 g/mol. The van der Waals surface area contributed by atoms with Gasteiger partial charge in [0.25, 0.3) is 0 Å². The van der Waals surface area contributed by atoms with Crippen LogP contribution in [0.5, 0.6) is 0 Å². The van der Waals surface area contributed by atoms with Gasteiger partial charge in [0.2, 0.25) is 6.29 Å². The highest BCUT2D eigenvalue weighted by Crippen LogP contribution is 2.48. The van der Waals surface area contributed by atoms with Crippen molar-refractivity contribution in [3.63, 3.8) is 0 Å². The van der Waals surface area contributed by atoms with Gasteiger partial charge >= 0.3 is 19.8 Å². The van der Waals surface area contributed by atoms with E-state index in [0.717, 1.165) is 44.9 Å². The van der Waals surface area contributed by atoms with E-state index >= 15 is 0 Å². The van der Waals surface area contributed by atoms with Crippen LogP contribution in [0, 0.1) is 11.8 Å². The van der Waals surface area contributed by atoms with Crippen molar-refractivity contribution in [3.05, 3.63) is 0 Å². The van der Waals surface area contributed by atoms with Gasteiger partial charge < -0.3 is 19.7 Å². The number of thiol groups is 2. The summed E-state index contributed by atoms with van der Waals surface area (Å²) in [5.74, 6) is -0.837. The molecule has 6 unspecified atom stereocenters. The van der Waals surface area contributed by atoms with Crippen molar-refractivity contribution in [2.75, 3.05) is 6.61 Å². The summed E-state index contributed by atoms with van der Waals surface area (Å²) < 4.78 is 24.0. The molecule has 0 bridgehead atoms. The van der Waals surface area contributed by atoms with Gasteiger partial charge in [-0.3, -0.25) is 0 Å². The predicted octanol–water partition coefficient (Wildman–Crippen LogP) is 7.61. The maximum Gasteiger partial charge on any atom is 0.411 e. The van der Waals surface area contributed by atoms with E-state index in [2.05, 4.69) is 13.8 Å². The van der Waals surface area contributed by atoms with Crippen LogP contribution in [0.4, 0.5) is 0 Å². The van der Waals surface area contributed by atoms with Crippen molar-refractivity contribution in [1.29, 1.82) is 0 Å². The van der Waals surface area contributed by atoms with Crippen LogP contribution in [0.1, 0.15) is 124 Å². The first-order valence-electron chi connectivity index (χ1n) is 14.2. The molecule has 1 fully saturated rings. The second kappa shape index (κ2) is 18.4. The summed E-state index contributed by atoms with van der Waals surface area (Å²) in [7, 11) is -1.47. The lowest BCUT2D eigenvalue weighted by Crippen LogP contribution is -2.56. The third-order valence-corrected chi connectivity index (χ3v) is 10.0. The molecule has 0 aromatic carbocycles. The Morgan fingerprint density at radius 1 is 1.00 bits per heavy atom. The number of rotatable bonds is 21. The molecule has 0 radical (unpaired) electrons. The van der Waals surface area contributed by atoms with Gasteiger partial charge in [-0.2, -0.15) is 12.6 Å². The van der Waals surface area contributed by atoms with Crippen LogP contribution in [0.15, 0.2) is 0 Å². The Bertz CT molecular complexity index is 621. The zero-order valence-corrected chi connectivity index (χ0v) is 25.5. The molecule has 1 rings (SSSR count). The van der Waals surface area contributed by atoms with Gasteiger partial charge in [0, 0.05) is 11.9 Å². The van der Waals surface area contributed by atoms with Crippen LogP contribution < -0.4 is 0 Å². The minimum atomic E-state index is -2.41. The monoisotopic (exact) mass is 567 g/mol. The smallest absolute Gasteiger partial charge is 0.411 e. The number of hydrogen-bond acceptors (Lipinski definition) is 7. The fourth-order valence-corrected chi connectivity index (χ4v) is 7.01. The number of aliphatic hydroxyl groups is 1. The molecule has 36 heavy (non-hydrogen) atoms. The summed E-state index contributed by atoms with van der Waals surface area (Å²) in [6.45, 7) is 6.29. The fourth-order valence-electron chi connectivity index (χ4n) is 5.36. The molecule has 6 atom stereocenters. The number of carbonyl (C=O) groups is 1. The van der Waals surface area contributed by atoms with Crippen LogP contribution in [-0.4, -0.2) is 44.6 Å². The van der Waals surface area contributed by atoms with Crippen molar-refractivity contribution in [2.45, 2.75) is 145 Å². The van der Waals surface area contributed by atoms with Crippen molar-refractivity contribution >= 4 is 39.7 Å². The molecule has 0 aromatic rings. The highest BCUT2D eigenvalue weighted by Gasteiger charge is 2.62. The first kappa shape index (κ1) is 34.2. The van der Waals surface area contributed by atoms with Gasteiger partial charge in [0.15, 0.2) is 0 Å². The van der Waals surface area contributed by atoms with Crippen LogP contribution in [-0.2, 0) is 18.8 Å². The number of ether oxygens (including phenoxy) is 2. The molecule has 6 nitrogen and oxygen atoms in total. The van der Waals surface area contributed by atoms with E-state index in [1.807, 2.05) is 6.92 Å². The Labute approximate surface area is 232 Å². The molecule has 1 aliphatic carbocycles. The molecule has 2 N–H and O–H groups in total. The molecule has 0 aliphatic heterocycles. The van der Waals surface area contributed by atoms with E-state index in [-0.39, 0.29) is 17.8 Å². The van der Waals surface area contributed by atoms with Gasteiger partial charge in [-0.1, -0.05) is 102 Å². The first-order chi connectivity index (χ1) is 17.2. The third kappa shape index (κ3) is 10.4. The summed E-state index contributed by atoms with van der Waals surface area (Å²) in [5.41, 5.74) is 0. The molecular formula is C27H52O6PS2+. The number of unbranched alkanes of at least 4 members (excludes halogenated alkanes) is 6. The Balaban J connectivity index is 3.30. The third-order valence-electron chi connectivity index (χ3n) is 7.54. The van der Waals surface area contributed by atoms with Gasteiger partial charge in [0.05, 0.1) is 0 Å². The maximum absolute atomic E-state index is 12.4. The first-order valence-corrected chi connectivity index (χ1v) is 16.1. The lowest BCUT2D eigenvalue weighted by Gasteiger charge is -2.44. The van der Waals surface area contributed by atoms with Gasteiger partial charge in [-0.25, -0.2) is 4.79 Å². The summed E-state index contributed by atoms with van der Waals surface area (Å²) in [4.78, 5) is 11.1. The van der Waals surface area contributed by atoms with Crippen LogP contribution >= 0.6 is 33.7 Å². The predicted molar refractivity (Wildman–Crippen MR) is 155 cm³/mol. The highest BCUT2D eigenvalue weighted by molar-refractivity contribution is 7.85. The van der Waals surface area contributed by atoms with Gasteiger partial charge in [-0.05, 0) is 37.5 Å². The van der Waals surface area contributed by atoms with Gasteiger partial charge in [-0.15, -0.1) is 12.6 Å². The SMILES string of the molecule is CCCCCCCC(C1CCCCC1)C(S)C(S)(CCCCC)OC([PH+]=O)(C(=O)O)C(O)OCCC. The average Bonchev–Trinajstić information content (AvgIpc) is 2.88. The zero-order valence-electron chi connectivity index (χ0n) is 22.8. The second-order valence-electron chi connectivity index (χ2n) is 10.5. The Hall–Kier alpha value is 0.150. The van der Waals surface area contributed by atoms with Crippen molar-refractivity contribution in [3.8, 4) is 0 Å².